The molecule has 1 aromatic carbocycles. The zero-order valence-electron chi connectivity index (χ0n) is 11.9. The van der Waals surface area contributed by atoms with Gasteiger partial charge in [-0.05, 0) is 46.8 Å². The summed E-state index contributed by atoms with van der Waals surface area (Å²) in [7, 11) is 0. The molecular weight excluding hydrogens is 226 g/mol. The molecule has 0 spiro atoms. The fourth-order valence-electron chi connectivity index (χ4n) is 1.49. The van der Waals surface area contributed by atoms with Crippen molar-refractivity contribution in [3.8, 4) is 5.75 Å². The van der Waals surface area contributed by atoms with Crippen molar-refractivity contribution in [2.24, 2.45) is 0 Å². The first kappa shape index (κ1) is 14.7. The second-order valence-corrected chi connectivity index (χ2v) is 5.69. The first-order valence-corrected chi connectivity index (χ1v) is 6.33. The topological polar surface area (TPSA) is 38.3 Å². The minimum absolute atomic E-state index is 0.0566. The van der Waals surface area contributed by atoms with Crippen LogP contribution in [0.15, 0.2) is 24.3 Å². The summed E-state index contributed by atoms with van der Waals surface area (Å²) >= 11 is 0. The zero-order chi connectivity index (χ0) is 13.8. The van der Waals surface area contributed by atoms with Crippen LogP contribution in [0.5, 0.6) is 5.75 Å². The lowest BCUT2D eigenvalue weighted by Gasteiger charge is -2.20. The Bertz CT molecular complexity index is 405. The zero-order valence-corrected chi connectivity index (χ0v) is 11.9. The van der Waals surface area contributed by atoms with E-state index in [9.17, 15) is 4.79 Å². The monoisotopic (exact) mass is 249 g/mol. The van der Waals surface area contributed by atoms with E-state index in [1.54, 1.807) is 0 Å². The van der Waals surface area contributed by atoms with E-state index in [0.717, 1.165) is 0 Å². The van der Waals surface area contributed by atoms with Gasteiger partial charge in [0.25, 0.3) is 0 Å². The van der Waals surface area contributed by atoms with E-state index in [1.807, 2.05) is 58.9 Å². The van der Waals surface area contributed by atoms with Gasteiger partial charge in [0.2, 0.25) is 0 Å². The molecule has 0 radical (unpaired) electrons. The Kier molecular flexibility index (Phi) is 4.91. The molecule has 0 aromatic heterocycles. The van der Waals surface area contributed by atoms with Crippen molar-refractivity contribution in [2.75, 3.05) is 6.54 Å². The average molecular weight is 249 g/mol. The highest BCUT2D eigenvalue weighted by atomic mass is 16.5. The molecular formula is C15H23NO2. The molecule has 0 heterocycles. The van der Waals surface area contributed by atoms with Crippen LogP contribution in [0, 0.1) is 0 Å². The van der Waals surface area contributed by atoms with Gasteiger partial charge in [0.15, 0.2) is 5.78 Å². The standard InChI is InChI=1S/C15H23NO2/c1-11(2)18-14-9-7-6-8-12(14)13(17)10-16-15(3,4)5/h6-9,11,16H,10H2,1-5H3. The maximum atomic E-state index is 12.2. The van der Waals surface area contributed by atoms with Crippen molar-refractivity contribution >= 4 is 5.78 Å². The Labute approximate surface area is 110 Å². The summed E-state index contributed by atoms with van der Waals surface area (Å²) in [6.45, 7) is 10.3. The second-order valence-electron chi connectivity index (χ2n) is 5.69. The average Bonchev–Trinajstić information content (AvgIpc) is 2.25. The first-order valence-electron chi connectivity index (χ1n) is 6.33. The third kappa shape index (κ3) is 4.88. The number of ether oxygens (including phenoxy) is 1. The Balaban J connectivity index is 2.79. The SMILES string of the molecule is CC(C)Oc1ccccc1C(=O)CNC(C)(C)C. The van der Waals surface area contributed by atoms with E-state index in [0.29, 0.717) is 17.9 Å². The smallest absolute Gasteiger partial charge is 0.180 e. The van der Waals surface area contributed by atoms with Gasteiger partial charge >= 0.3 is 0 Å². The number of carbonyl (C=O) groups excluding carboxylic acids is 1. The second kappa shape index (κ2) is 6.01. The van der Waals surface area contributed by atoms with E-state index in [-0.39, 0.29) is 17.4 Å². The number of nitrogens with one attached hydrogen (secondary N) is 1. The van der Waals surface area contributed by atoms with Crippen LogP contribution in [0.3, 0.4) is 0 Å². The van der Waals surface area contributed by atoms with Crippen LogP contribution < -0.4 is 10.1 Å². The number of hydrogen-bond acceptors (Lipinski definition) is 3. The fraction of sp³-hybridized carbons (Fsp3) is 0.533. The van der Waals surface area contributed by atoms with Crippen LogP contribution >= 0.6 is 0 Å². The molecule has 0 fully saturated rings. The van der Waals surface area contributed by atoms with Gasteiger partial charge in [0, 0.05) is 5.54 Å². The van der Waals surface area contributed by atoms with Gasteiger partial charge in [-0.2, -0.15) is 0 Å². The van der Waals surface area contributed by atoms with Crippen LogP contribution in [-0.2, 0) is 0 Å². The Morgan fingerprint density at radius 3 is 2.44 bits per heavy atom. The quantitative estimate of drug-likeness (QED) is 0.815. The number of carbonyl (C=O) groups is 1. The molecule has 0 bridgehead atoms. The Hall–Kier alpha value is -1.35. The third-order valence-electron chi connectivity index (χ3n) is 2.33. The molecule has 3 nitrogen and oxygen atoms in total. The molecule has 0 saturated carbocycles. The number of benzene rings is 1. The molecule has 0 amide bonds. The molecule has 1 N–H and O–H groups in total. The molecule has 18 heavy (non-hydrogen) atoms. The lowest BCUT2D eigenvalue weighted by atomic mass is 10.1. The third-order valence-corrected chi connectivity index (χ3v) is 2.33. The van der Waals surface area contributed by atoms with Crippen LogP contribution in [0.2, 0.25) is 0 Å². The number of ketones is 1. The molecule has 3 heteroatoms. The minimum Gasteiger partial charge on any atom is -0.490 e. The van der Waals surface area contributed by atoms with Crippen LogP contribution in [0.1, 0.15) is 45.0 Å². The predicted octanol–water partition coefficient (Wildman–Crippen LogP) is 3.04. The molecule has 100 valence electrons. The number of rotatable bonds is 5. The maximum Gasteiger partial charge on any atom is 0.180 e. The van der Waals surface area contributed by atoms with Crippen molar-refractivity contribution < 1.29 is 9.53 Å². The fourth-order valence-corrected chi connectivity index (χ4v) is 1.49. The van der Waals surface area contributed by atoms with Gasteiger partial charge in [0.1, 0.15) is 5.75 Å². The lowest BCUT2D eigenvalue weighted by molar-refractivity contribution is 0.0976. The Morgan fingerprint density at radius 2 is 1.89 bits per heavy atom. The van der Waals surface area contributed by atoms with Crippen molar-refractivity contribution in [3.05, 3.63) is 29.8 Å². The summed E-state index contributed by atoms with van der Waals surface area (Å²) in [5.41, 5.74) is 0.576. The first-order chi connectivity index (χ1) is 8.29. The van der Waals surface area contributed by atoms with Crippen LogP contribution in [0.4, 0.5) is 0 Å². The number of Topliss-reactive ketones (excluding diaryl/α,β-unsaturated/α-hetero) is 1. The highest BCUT2D eigenvalue weighted by Gasteiger charge is 2.16. The van der Waals surface area contributed by atoms with Gasteiger partial charge < -0.3 is 10.1 Å². The summed E-state index contributed by atoms with van der Waals surface area (Å²) in [6, 6.07) is 7.39. The van der Waals surface area contributed by atoms with Gasteiger partial charge in [0.05, 0.1) is 18.2 Å². The summed E-state index contributed by atoms with van der Waals surface area (Å²) in [6.07, 6.45) is 0.0644. The van der Waals surface area contributed by atoms with E-state index >= 15 is 0 Å². The summed E-state index contributed by atoms with van der Waals surface area (Å²) < 4.78 is 5.65. The minimum atomic E-state index is -0.0660. The molecule has 0 aliphatic carbocycles. The normalized spacial score (nSPS) is 11.7. The molecule has 0 aliphatic heterocycles. The van der Waals surface area contributed by atoms with Crippen molar-refractivity contribution in [3.63, 3.8) is 0 Å². The van der Waals surface area contributed by atoms with E-state index in [2.05, 4.69) is 5.32 Å². The van der Waals surface area contributed by atoms with Crippen LogP contribution in [0.25, 0.3) is 0 Å². The van der Waals surface area contributed by atoms with Gasteiger partial charge in [-0.1, -0.05) is 12.1 Å². The number of para-hydroxylation sites is 1. The van der Waals surface area contributed by atoms with Gasteiger partial charge in [-0.15, -0.1) is 0 Å². The summed E-state index contributed by atoms with van der Waals surface area (Å²) in [5.74, 6) is 0.717. The van der Waals surface area contributed by atoms with E-state index in [4.69, 9.17) is 4.74 Å². The molecule has 1 rings (SSSR count). The molecule has 0 atom stereocenters. The molecule has 1 aromatic rings. The van der Waals surface area contributed by atoms with E-state index < -0.39 is 0 Å². The highest BCUT2D eigenvalue weighted by Crippen LogP contribution is 2.19. The maximum absolute atomic E-state index is 12.2. The van der Waals surface area contributed by atoms with Crippen molar-refractivity contribution in [2.45, 2.75) is 46.3 Å². The van der Waals surface area contributed by atoms with Crippen molar-refractivity contribution in [1.82, 2.24) is 5.32 Å². The summed E-state index contributed by atoms with van der Waals surface area (Å²) in [4.78, 5) is 12.2. The lowest BCUT2D eigenvalue weighted by Crippen LogP contribution is -2.39. The summed E-state index contributed by atoms with van der Waals surface area (Å²) in [5, 5.41) is 3.20. The van der Waals surface area contributed by atoms with Gasteiger partial charge in [-0.25, -0.2) is 0 Å². The number of hydrogen-bond donors (Lipinski definition) is 1. The highest BCUT2D eigenvalue weighted by molar-refractivity contribution is 6.00. The van der Waals surface area contributed by atoms with Gasteiger partial charge in [-0.3, -0.25) is 4.79 Å². The molecule has 0 saturated heterocycles. The largest absolute Gasteiger partial charge is 0.490 e. The molecule has 0 unspecified atom stereocenters. The Morgan fingerprint density at radius 1 is 1.28 bits per heavy atom. The predicted molar refractivity (Wildman–Crippen MR) is 74.3 cm³/mol. The molecule has 0 aliphatic rings. The van der Waals surface area contributed by atoms with E-state index in [1.165, 1.54) is 0 Å². The van der Waals surface area contributed by atoms with Crippen molar-refractivity contribution in [1.29, 1.82) is 0 Å². The van der Waals surface area contributed by atoms with Crippen LogP contribution in [-0.4, -0.2) is 24.0 Å².